The summed E-state index contributed by atoms with van der Waals surface area (Å²) in [6.07, 6.45) is 2.60. The van der Waals surface area contributed by atoms with E-state index in [1.165, 1.54) is 44.6 Å². The molecule has 98 valence electrons. The van der Waals surface area contributed by atoms with Crippen LogP contribution in [-0.4, -0.2) is 49.3 Å². The van der Waals surface area contributed by atoms with Crippen molar-refractivity contribution >= 4 is 0 Å². The summed E-state index contributed by atoms with van der Waals surface area (Å²) in [4.78, 5) is 0. The molecule has 0 aliphatic carbocycles. The van der Waals surface area contributed by atoms with E-state index < -0.39 is 0 Å². The van der Waals surface area contributed by atoms with Crippen LogP contribution in [0, 0.1) is 0 Å². The number of nitrogens with one attached hydrogen (secondary N) is 1. The molecule has 0 aromatic heterocycles. The van der Waals surface area contributed by atoms with Crippen LogP contribution >= 0.6 is 0 Å². The van der Waals surface area contributed by atoms with Crippen molar-refractivity contribution in [1.82, 2.24) is 15.3 Å². The molecule has 3 rings (SSSR count). The Morgan fingerprint density at radius 1 is 0.833 bits per heavy atom. The minimum Gasteiger partial charge on any atom is -0.314 e. The van der Waals surface area contributed by atoms with Crippen LogP contribution in [0.4, 0.5) is 0 Å². The molecule has 3 heteroatoms. The van der Waals surface area contributed by atoms with Crippen molar-refractivity contribution < 1.29 is 0 Å². The molecule has 2 saturated heterocycles. The van der Waals surface area contributed by atoms with E-state index in [1.807, 2.05) is 0 Å². The molecule has 0 radical (unpaired) electrons. The van der Waals surface area contributed by atoms with E-state index in [1.54, 1.807) is 0 Å². The van der Waals surface area contributed by atoms with Gasteiger partial charge < -0.3 is 5.32 Å². The highest BCUT2D eigenvalue weighted by Gasteiger charge is 2.24. The number of hydrazine groups is 1. The van der Waals surface area contributed by atoms with Crippen LogP contribution in [0.2, 0.25) is 0 Å². The Labute approximate surface area is 110 Å². The molecular weight excluding hydrogens is 222 g/mol. The highest BCUT2D eigenvalue weighted by atomic mass is 15.6. The van der Waals surface area contributed by atoms with Gasteiger partial charge in [-0.3, -0.25) is 0 Å². The third-order valence-corrected chi connectivity index (χ3v) is 4.24. The number of piperidine rings is 1. The highest BCUT2D eigenvalue weighted by Crippen LogP contribution is 2.28. The summed E-state index contributed by atoms with van der Waals surface area (Å²) in [6.45, 7) is 7.07. The molecule has 1 N–H and O–H groups in total. The number of hydrogen-bond donors (Lipinski definition) is 1. The maximum absolute atomic E-state index is 3.42. The predicted octanol–water partition coefficient (Wildman–Crippen LogP) is 1.69. The Morgan fingerprint density at radius 3 is 2.11 bits per heavy atom. The van der Waals surface area contributed by atoms with Gasteiger partial charge >= 0.3 is 0 Å². The zero-order chi connectivity index (χ0) is 12.2. The van der Waals surface area contributed by atoms with E-state index in [9.17, 15) is 0 Å². The Hall–Kier alpha value is -0.900. The smallest absolute Gasteiger partial charge is 0.0259 e. The molecule has 0 bridgehead atoms. The molecule has 1 aromatic carbocycles. The summed E-state index contributed by atoms with van der Waals surface area (Å²) in [5.74, 6) is 0.769. The molecule has 2 aliphatic rings. The van der Waals surface area contributed by atoms with Crippen LogP contribution < -0.4 is 5.32 Å². The fraction of sp³-hybridized carbons (Fsp3) is 0.600. The second-order valence-corrected chi connectivity index (χ2v) is 5.34. The predicted molar refractivity (Wildman–Crippen MR) is 74.4 cm³/mol. The number of hydrogen-bond acceptors (Lipinski definition) is 3. The fourth-order valence-corrected chi connectivity index (χ4v) is 3.14. The topological polar surface area (TPSA) is 18.5 Å². The maximum atomic E-state index is 3.42. The first kappa shape index (κ1) is 12.2. The third kappa shape index (κ3) is 2.74. The van der Waals surface area contributed by atoms with Gasteiger partial charge in [-0.2, -0.15) is 0 Å². The Bertz CT molecular complexity index is 351. The van der Waals surface area contributed by atoms with Gasteiger partial charge in [-0.05, 0) is 24.3 Å². The first-order valence-corrected chi connectivity index (χ1v) is 7.19. The molecule has 2 fully saturated rings. The van der Waals surface area contributed by atoms with Crippen LogP contribution in [0.1, 0.15) is 24.3 Å². The van der Waals surface area contributed by atoms with Crippen LogP contribution in [0.5, 0.6) is 0 Å². The van der Waals surface area contributed by atoms with E-state index in [0.29, 0.717) is 0 Å². The quantitative estimate of drug-likeness (QED) is 0.855. The van der Waals surface area contributed by atoms with Gasteiger partial charge in [0.05, 0.1) is 0 Å². The second-order valence-electron chi connectivity index (χ2n) is 5.34. The average Bonchev–Trinajstić information content (AvgIpc) is 2.49. The lowest BCUT2D eigenvalue weighted by molar-refractivity contribution is -0.0504. The SMILES string of the molecule is c1ccc(C2CCN(N3CCNCC3)CC2)cc1. The summed E-state index contributed by atoms with van der Waals surface area (Å²) in [7, 11) is 0. The van der Waals surface area contributed by atoms with Crippen molar-refractivity contribution in [2.24, 2.45) is 0 Å². The molecule has 3 nitrogen and oxygen atoms in total. The van der Waals surface area contributed by atoms with E-state index in [4.69, 9.17) is 0 Å². The summed E-state index contributed by atoms with van der Waals surface area (Å²) in [5, 5.41) is 8.53. The van der Waals surface area contributed by atoms with Crippen LogP contribution in [0.3, 0.4) is 0 Å². The summed E-state index contributed by atoms with van der Waals surface area (Å²) >= 11 is 0. The van der Waals surface area contributed by atoms with Crippen molar-refractivity contribution in [1.29, 1.82) is 0 Å². The van der Waals surface area contributed by atoms with Crippen molar-refractivity contribution in [3.63, 3.8) is 0 Å². The maximum Gasteiger partial charge on any atom is 0.0259 e. The van der Waals surface area contributed by atoms with Crippen LogP contribution in [-0.2, 0) is 0 Å². The monoisotopic (exact) mass is 245 g/mol. The number of rotatable bonds is 2. The second kappa shape index (κ2) is 5.83. The van der Waals surface area contributed by atoms with Gasteiger partial charge in [-0.25, -0.2) is 10.0 Å². The van der Waals surface area contributed by atoms with Gasteiger partial charge in [0.2, 0.25) is 0 Å². The zero-order valence-corrected chi connectivity index (χ0v) is 11.0. The van der Waals surface area contributed by atoms with E-state index in [2.05, 4.69) is 45.7 Å². The molecule has 2 aliphatic heterocycles. The van der Waals surface area contributed by atoms with Crippen molar-refractivity contribution in [2.45, 2.75) is 18.8 Å². The highest BCUT2D eigenvalue weighted by molar-refractivity contribution is 5.19. The summed E-state index contributed by atoms with van der Waals surface area (Å²) in [6, 6.07) is 11.0. The third-order valence-electron chi connectivity index (χ3n) is 4.24. The first-order chi connectivity index (χ1) is 8.93. The summed E-state index contributed by atoms with van der Waals surface area (Å²) < 4.78 is 0. The lowest BCUT2D eigenvalue weighted by Crippen LogP contribution is -2.54. The summed E-state index contributed by atoms with van der Waals surface area (Å²) in [5.41, 5.74) is 1.53. The molecule has 0 spiro atoms. The van der Waals surface area contributed by atoms with Crippen molar-refractivity contribution in [2.75, 3.05) is 39.3 Å². The zero-order valence-electron chi connectivity index (χ0n) is 11.0. The Kier molecular flexibility index (Phi) is 3.93. The standard InChI is InChI=1S/C15H23N3/c1-2-4-14(5-3-1)15-6-10-17(11-7-15)18-12-8-16-9-13-18/h1-5,15-16H,6-13H2. The molecule has 1 aromatic rings. The van der Waals surface area contributed by atoms with E-state index in [-0.39, 0.29) is 0 Å². The first-order valence-electron chi connectivity index (χ1n) is 7.19. The Balaban J connectivity index is 1.54. The average molecular weight is 245 g/mol. The fourth-order valence-electron chi connectivity index (χ4n) is 3.14. The van der Waals surface area contributed by atoms with Crippen molar-refractivity contribution in [3.8, 4) is 0 Å². The number of piperazine rings is 1. The molecule has 18 heavy (non-hydrogen) atoms. The lowest BCUT2D eigenvalue weighted by atomic mass is 9.90. The van der Waals surface area contributed by atoms with Gasteiger partial charge in [-0.15, -0.1) is 0 Å². The molecule has 0 amide bonds. The van der Waals surface area contributed by atoms with E-state index >= 15 is 0 Å². The molecule has 2 heterocycles. The van der Waals surface area contributed by atoms with E-state index in [0.717, 1.165) is 19.0 Å². The minimum absolute atomic E-state index is 0.769. The number of nitrogens with zero attached hydrogens (tertiary/aromatic N) is 2. The Morgan fingerprint density at radius 2 is 1.44 bits per heavy atom. The number of benzene rings is 1. The largest absolute Gasteiger partial charge is 0.314 e. The van der Waals surface area contributed by atoms with Gasteiger partial charge in [-0.1, -0.05) is 30.3 Å². The van der Waals surface area contributed by atoms with Crippen LogP contribution in [0.25, 0.3) is 0 Å². The van der Waals surface area contributed by atoms with Gasteiger partial charge in [0.15, 0.2) is 0 Å². The molecule has 0 atom stereocenters. The lowest BCUT2D eigenvalue weighted by Gasteiger charge is -2.41. The van der Waals surface area contributed by atoms with Crippen molar-refractivity contribution in [3.05, 3.63) is 35.9 Å². The van der Waals surface area contributed by atoms with Crippen LogP contribution in [0.15, 0.2) is 30.3 Å². The van der Waals surface area contributed by atoms with Gasteiger partial charge in [0.25, 0.3) is 0 Å². The molecule has 0 unspecified atom stereocenters. The minimum atomic E-state index is 0.769. The normalized spacial score (nSPS) is 24.2. The molecular formula is C15H23N3. The van der Waals surface area contributed by atoms with Gasteiger partial charge in [0, 0.05) is 39.3 Å². The van der Waals surface area contributed by atoms with Gasteiger partial charge in [0.1, 0.15) is 0 Å². The molecule has 0 saturated carbocycles.